The van der Waals surface area contributed by atoms with Crippen LogP contribution < -0.4 is 5.32 Å². The van der Waals surface area contributed by atoms with Gasteiger partial charge in [0.2, 0.25) is 0 Å². The zero-order valence-corrected chi connectivity index (χ0v) is 12.1. The van der Waals surface area contributed by atoms with Gasteiger partial charge in [0.05, 0.1) is 23.7 Å². The lowest BCUT2D eigenvalue weighted by atomic mass is 10.1. The Kier molecular flexibility index (Phi) is 3.12. The number of fused-ring (bicyclic) bond motifs is 1. The second-order valence-electron chi connectivity index (χ2n) is 5.11. The van der Waals surface area contributed by atoms with E-state index in [4.69, 9.17) is 0 Å². The Morgan fingerprint density at radius 2 is 1.87 bits per heavy atom. The molecule has 1 amide bonds. The van der Waals surface area contributed by atoms with Crippen LogP contribution >= 0.6 is 0 Å². The van der Waals surface area contributed by atoms with E-state index < -0.39 is 0 Å². The number of aromatic nitrogens is 4. The summed E-state index contributed by atoms with van der Waals surface area (Å²) in [6.45, 7) is 0. The van der Waals surface area contributed by atoms with E-state index >= 15 is 0 Å². The largest absolute Gasteiger partial charge is 0.345 e. The fourth-order valence-electron chi connectivity index (χ4n) is 2.47. The Balaban J connectivity index is 1.57. The first-order valence-electron chi connectivity index (χ1n) is 7.14. The van der Waals surface area contributed by atoms with E-state index in [2.05, 4.69) is 25.5 Å². The number of aromatic amines is 2. The first kappa shape index (κ1) is 13.3. The molecule has 4 aromatic rings. The molecule has 6 nitrogen and oxygen atoms in total. The number of imidazole rings is 1. The number of amides is 1. The summed E-state index contributed by atoms with van der Waals surface area (Å²) in [7, 11) is 0. The van der Waals surface area contributed by atoms with Gasteiger partial charge in [-0.1, -0.05) is 30.3 Å². The number of hydrogen-bond donors (Lipinski definition) is 3. The minimum Gasteiger partial charge on any atom is -0.345 e. The van der Waals surface area contributed by atoms with Gasteiger partial charge in [0, 0.05) is 11.1 Å². The van der Waals surface area contributed by atoms with Crippen LogP contribution in [0.2, 0.25) is 0 Å². The first-order valence-corrected chi connectivity index (χ1v) is 7.14. The zero-order chi connectivity index (χ0) is 15.6. The molecule has 2 aromatic carbocycles. The Bertz CT molecular complexity index is 954. The number of carbonyl (C=O) groups excluding carboxylic acids is 1. The highest BCUT2D eigenvalue weighted by Gasteiger charge is 2.13. The number of nitrogens with zero attached hydrogens (tertiary/aromatic N) is 2. The number of benzene rings is 2. The van der Waals surface area contributed by atoms with Gasteiger partial charge in [-0.3, -0.25) is 9.89 Å². The number of carbonyl (C=O) groups is 1. The predicted octanol–water partition coefficient (Wildman–Crippen LogP) is 3.21. The van der Waals surface area contributed by atoms with E-state index in [-0.39, 0.29) is 5.91 Å². The lowest BCUT2D eigenvalue weighted by molar-refractivity contribution is 0.102. The summed E-state index contributed by atoms with van der Waals surface area (Å²) in [6, 6.07) is 15.1. The summed E-state index contributed by atoms with van der Waals surface area (Å²) >= 11 is 0. The molecule has 6 heteroatoms. The summed E-state index contributed by atoms with van der Waals surface area (Å²) in [6.07, 6.45) is 3.39. The van der Waals surface area contributed by atoms with Crippen molar-refractivity contribution in [2.75, 3.05) is 5.32 Å². The molecule has 23 heavy (non-hydrogen) atoms. The highest BCUT2D eigenvalue weighted by molar-refractivity contribution is 6.11. The standard InChI is InChI=1S/C17H13N5O/c23-17(16-13-3-1-2-4-14(13)21-22-16)20-12-7-5-11(6-8-12)15-9-18-10-19-15/h1-10H,(H,18,19)(H,20,23)(H,21,22). The molecule has 0 aliphatic carbocycles. The van der Waals surface area contributed by atoms with Gasteiger partial charge in [-0.25, -0.2) is 4.98 Å². The van der Waals surface area contributed by atoms with Crippen LogP contribution in [0.3, 0.4) is 0 Å². The lowest BCUT2D eigenvalue weighted by Crippen LogP contribution is -2.12. The Labute approximate surface area is 131 Å². The monoisotopic (exact) mass is 303 g/mol. The molecule has 0 fully saturated rings. The normalized spacial score (nSPS) is 10.8. The molecular weight excluding hydrogens is 290 g/mol. The van der Waals surface area contributed by atoms with E-state index in [0.29, 0.717) is 11.4 Å². The van der Waals surface area contributed by atoms with E-state index in [1.54, 1.807) is 12.5 Å². The molecule has 2 aromatic heterocycles. The second kappa shape index (κ2) is 5.42. The molecule has 0 aliphatic heterocycles. The molecule has 2 heterocycles. The SMILES string of the molecule is O=C(Nc1ccc(-c2cnc[nH]2)cc1)c1n[nH]c2ccccc12. The Morgan fingerprint density at radius 3 is 2.65 bits per heavy atom. The van der Waals surface area contributed by atoms with Crippen molar-refractivity contribution in [1.82, 2.24) is 20.2 Å². The molecule has 0 radical (unpaired) electrons. The molecular formula is C17H13N5O. The van der Waals surface area contributed by atoms with Crippen molar-refractivity contribution < 1.29 is 4.79 Å². The zero-order valence-electron chi connectivity index (χ0n) is 12.1. The van der Waals surface area contributed by atoms with E-state index in [1.807, 2.05) is 48.5 Å². The third kappa shape index (κ3) is 2.46. The molecule has 0 atom stereocenters. The van der Waals surface area contributed by atoms with Crippen LogP contribution in [-0.4, -0.2) is 26.1 Å². The maximum Gasteiger partial charge on any atom is 0.276 e. The number of H-pyrrole nitrogens is 2. The third-order valence-electron chi connectivity index (χ3n) is 3.64. The average molecular weight is 303 g/mol. The van der Waals surface area contributed by atoms with Crippen LogP contribution in [-0.2, 0) is 0 Å². The molecule has 0 unspecified atom stereocenters. The van der Waals surface area contributed by atoms with E-state index in [1.165, 1.54) is 0 Å². The molecule has 0 saturated carbocycles. The lowest BCUT2D eigenvalue weighted by Gasteiger charge is -2.04. The molecule has 0 saturated heterocycles. The summed E-state index contributed by atoms with van der Waals surface area (Å²) < 4.78 is 0. The quantitative estimate of drug-likeness (QED) is 0.543. The third-order valence-corrected chi connectivity index (χ3v) is 3.64. The predicted molar refractivity (Wildman–Crippen MR) is 88.1 cm³/mol. The van der Waals surface area contributed by atoms with Gasteiger partial charge in [-0.15, -0.1) is 0 Å². The van der Waals surface area contributed by atoms with Crippen molar-refractivity contribution in [2.45, 2.75) is 0 Å². The van der Waals surface area contributed by atoms with Gasteiger partial charge in [0.1, 0.15) is 0 Å². The van der Waals surface area contributed by atoms with Gasteiger partial charge >= 0.3 is 0 Å². The average Bonchev–Trinajstić information content (AvgIpc) is 3.25. The van der Waals surface area contributed by atoms with Crippen molar-refractivity contribution in [3.63, 3.8) is 0 Å². The van der Waals surface area contributed by atoms with Gasteiger partial charge in [-0.2, -0.15) is 5.10 Å². The fraction of sp³-hybridized carbons (Fsp3) is 0. The fourth-order valence-corrected chi connectivity index (χ4v) is 2.47. The topological polar surface area (TPSA) is 86.5 Å². The minimum absolute atomic E-state index is 0.239. The van der Waals surface area contributed by atoms with Crippen LogP contribution in [0.5, 0.6) is 0 Å². The van der Waals surface area contributed by atoms with Crippen LogP contribution in [0.25, 0.3) is 22.2 Å². The first-order chi connectivity index (χ1) is 11.3. The minimum atomic E-state index is -0.239. The summed E-state index contributed by atoms with van der Waals surface area (Å²) in [5.74, 6) is -0.239. The number of nitrogens with one attached hydrogen (secondary N) is 3. The van der Waals surface area contributed by atoms with Crippen molar-refractivity contribution in [2.24, 2.45) is 0 Å². The van der Waals surface area contributed by atoms with Crippen molar-refractivity contribution in [3.05, 3.63) is 66.7 Å². The highest BCUT2D eigenvalue weighted by atomic mass is 16.1. The van der Waals surface area contributed by atoms with E-state index in [0.717, 1.165) is 22.2 Å². The molecule has 0 bridgehead atoms. The summed E-state index contributed by atoms with van der Waals surface area (Å²) in [5, 5.41) is 10.6. The number of hydrogen-bond acceptors (Lipinski definition) is 3. The molecule has 3 N–H and O–H groups in total. The summed E-state index contributed by atoms with van der Waals surface area (Å²) in [4.78, 5) is 19.4. The van der Waals surface area contributed by atoms with Gasteiger partial charge in [0.15, 0.2) is 5.69 Å². The van der Waals surface area contributed by atoms with Gasteiger partial charge in [-0.05, 0) is 23.8 Å². The molecule has 112 valence electrons. The number of anilines is 1. The second-order valence-corrected chi connectivity index (χ2v) is 5.11. The maximum absolute atomic E-state index is 12.4. The van der Waals surface area contributed by atoms with Crippen molar-refractivity contribution in [3.8, 4) is 11.3 Å². The van der Waals surface area contributed by atoms with Crippen LogP contribution in [0.15, 0.2) is 61.1 Å². The van der Waals surface area contributed by atoms with Crippen LogP contribution in [0, 0.1) is 0 Å². The van der Waals surface area contributed by atoms with Gasteiger partial charge in [0.25, 0.3) is 5.91 Å². The van der Waals surface area contributed by atoms with E-state index in [9.17, 15) is 4.79 Å². The van der Waals surface area contributed by atoms with Crippen molar-refractivity contribution in [1.29, 1.82) is 0 Å². The summed E-state index contributed by atoms with van der Waals surface area (Å²) in [5.41, 5.74) is 3.88. The molecule has 0 spiro atoms. The maximum atomic E-state index is 12.4. The number of rotatable bonds is 3. The Hall–Kier alpha value is -3.41. The Morgan fingerprint density at radius 1 is 1.04 bits per heavy atom. The highest BCUT2D eigenvalue weighted by Crippen LogP contribution is 2.20. The van der Waals surface area contributed by atoms with Crippen LogP contribution in [0.4, 0.5) is 5.69 Å². The van der Waals surface area contributed by atoms with Crippen LogP contribution in [0.1, 0.15) is 10.5 Å². The number of para-hydroxylation sites is 1. The smallest absolute Gasteiger partial charge is 0.276 e. The molecule has 0 aliphatic rings. The molecule has 4 rings (SSSR count). The van der Waals surface area contributed by atoms with Crippen molar-refractivity contribution >= 4 is 22.5 Å². The van der Waals surface area contributed by atoms with Gasteiger partial charge < -0.3 is 10.3 Å².